The molecule has 1 heterocycles. The van der Waals surface area contributed by atoms with Crippen molar-refractivity contribution in [1.82, 2.24) is 4.98 Å². The van der Waals surface area contributed by atoms with Gasteiger partial charge in [0.05, 0.1) is 4.92 Å². The summed E-state index contributed by atoms with van der Waals surface area (Å²) in [4.78, 5) is 23.3. The molecule has 1 N–H and O–H groups in total. The van der Waals surface area contributed by atoms with Crippen molar-refractivity contribution < 1.29 is 4.92 Å². The third-order valence-electron chi connectivity index (χ3n) is 2.13. The Labute approximate surface area is 73.6 Å². The Kier molecular flexibility index (Phi) is 1.65. The van der Waals surface area contributed by atoms with Gasteiger partial charge in [-0.05, 0) is 24.8 Å². The average Bonchev–Trinajstić information content (AvgIpc) is 2.85. The molecule has 0 amide bonds. The van der Waals surface area contributed by atoms with Crippen LogP contribution < -0.4 is 5.56 Å². The van der Waals surface area contributed by atoms with Crippen LogP contribution in [0.1, 0.15) is 24.5 Å². The number of nitrogens with one attached hydrogen (secondary N) is 1. The van der Waals surface area contributed by atoms with E-state index in [2.05, 4.69) is 4.98 Å². The fourth-order valence-corrected chi connectivity index (χ4v) is 1.26. The predicted octanol–water partition coefficient (Wildman–Crippen LogP) is 1.16. The quantitative estimate of drug-likeness (QED) is 0.548. The summed E-state index contributed by atoms with van der Waals surface area (Å²) in [5, 5.41) is 10.3. The molecule has 1 saturated carbocycles. The van der Waals surface area contributed by atoms with E-state index < -0.39 is 10.5 Å². The van der Waals surface area contributed by atoms with Crippen molar-refractivity contribution in [2.75, 3.05) is 0 Å². The Bertz CT molecular complexity index is 406. The van der Waals surface area contributed by atoms with Crippen molar-refractivity contribution in [2.45, 2.75) is 18.8 Å². The number of nitrogens with zero attached hydrogens (tertiary/aromatic N) is 1. The van der Waals surface area contributed by atoms with E-state index in [1.54, 1.807) is 6.07 Å². The summed E-state index contributed by atoms with van der Waals surface area (Å²) in [6.45, 7) is 0. The van der Waals surface area contributed by atoms with E-state index in [-0.39, 0.29) is 5.69 Å². The molecule has 1 aliphatic carbocycles. The van der Waals surface area contributed by atoms with Crippen molar-refractivity contribution >= 4 is 5.69 Å². The van der Waals surface area contributed by atoms with Gasteiger partial charge in [0.15, 0.2) is 0 Å². The summed E-state index contributed by atoms with van der Waals surface area (Å²) >= 11 is 0. The fraction of sp³-hybridized carbons (Fsp3) is 0.375. The molecule has 1 fully saturated rings. The Morgan fingerprint density at radius 2 is 2.15 bits per heavy atom. The summed E-state index contributed by atoms with van der Waals surface area (Å²) in [7, 11) is 0. The maximum Gasteiger partial charge on any atom is 0.333 e. The molecule has 1 aromatic rings. The van der Waals surface area contributed by atoms with E-state index in [1.807, 2.05) is 0 Å². The normalized spacial score (nSPS) is 15.7. The number of rotatable bonds is 2. The fourth-order valence-electron chi connectivity index (χ4n) is 1.26. The molecule has 0 aromatic carbocycles. The summed E-state index contributed by atoms with van der Waals surface area (Å²) in [5.41, 5.74) is -0.172. The van der Waals surface area contributed by atoms with Crippen molar-refractivity contribution in [3.8, 4) is 0 Å². The number of aromatic nitrogens is 1. The zero-order valence-electron chi connectivity index (χ0n) is 6.82. The second kappa shape index (κ2) is 2.69. The van der Waals surface area contributed by atoms with Crippen molar-refractivity contribution in [3.05, 3.63) is 38.3 Å². The van der Waals surface area contributed by atoms with E-state index in [9.17, 15) is 14.9 Å². The summed E-state index contributed by atoms with van der Waals surface area (Å²) in [6.07, 6.45) is 2.13. The zero-order valence-corrected chi connectivity index (χ0v) is 6.82. The zero-order chi connectivity index (χ0) is 9.42. The molecular formula is C8H8N2O3. The topological polar surface area (TPSA) is 76.0 Å². The van der Waals surface area contributed by atoms with Gasteiger partial charge in [-0.3, -0.25) is 14.9 Å². The molecule has 5 nitrogen and oxygen atoms in total. The Morgan fingerprint density at radius 3 is 2.62 bits per heavy atom. The molecule has 1 aliphatic rings. The van der Waals surface area contributed by atoms with Crippen molar-refractivity contribution in [2.24, 2.45) is 0 Å². The SMILES string of the molecule is O=c1[nH]c(C2CC2)ccc1[N+](=O)[O-]. The number of hydrogen-bond donors (Lipinski definition) is 1. The minimum absolute atomic E-state index is 0.385. The lowest BCUT2D eigenvalue weighted by Gasteiger charge is -1.95. The van der Waals surface area contributed by atoms with Gasteiger partial charge in [-0.25, -0.2) is 0 Å². The molecule has 1 aromatic heterocycles. The molecule has 0 spiro atoms. The van der Waals surface area contributed by atoms with E-state index in [0.717, 1.165) is 18.5 Å². The first kappa shape index (κ1) is 7.97. The minimum Gasteiger partial charge on any atom is -0.320 e. The van der Waals surface area contributed by atoms with Gasteiger partial charge in [-0.1, -0.05) is 0 Å². The lowest BCUT2D eigenvalue weighted by Crippen LogP contribution is -2.12. The second-order valence-corrected chi connectivity index (χ2v) is 3.16. The van der Waals surface area contributed by atoms with Crippen LogP contribution in [0.5, 0.6) is 0 Å². The lowest BCUT2D eigenvalue weighted by atomic mass is 10.2. The molecule has 0 unspecified atom stereocenters. The molecule has 0 bridgehead atoms. The van der Waals surface area contributed by atoms with Crippen molar-refractivity contribution in [1.29, 1.82) is 0 Å². The number of pyridine rings is 1. The monoisotopic (exact) mass is 180 g/mol. The summed E-state index contributed by atoms with van der Waals surface area (Å²) in [6, 6.07) is 2.89. The maximum atomic E-state index is 11.1. The number of H-pyrrole nitrogens is 1. The van der Waals surface area contributed by atoms with Gasteiger partial charge in [0.2, 0.25) is 0 Å². The van der Waals surface area contributed by atoms with Gasteiger partial charge < -0.3 is 4.98 Å². The Hall–Kier alpha value is -1.65. The van der Waals surface area contributed by atoms with E-state index in [1.165, 1.54) is 6.07 Å². The van der Waals surface area contributed by atoms with E-state index in [0.29, 0.717) is 5.92 Å². The smallest absolute Gasteiger partial charge is 0.320 e. The van der Waals surface area contributed by atoms with E-state index >= 15 is 0 Å². The van der Waals surface area contributed by atoms with Gasteiger partial charge in [-0.15, -0.1) is 0 Å². The highest BCUT2D eigenvalue weighted by molar-refractivity contribution is 5.29. The molecule has 0 atom stereocenters. The van der Waals surface area contributed by atoms with Crippen molar-refractivity contribution in [3.63, 3.8) is 0 Å². The molecule has 0 saturated heterocycles. The number of nitro groups is 1. The van der Waals surface area contributed by atoms with Crippen LogP contribution in [-0.2, 0) is 0 Å². The highest BCUT2D eigenvalue weighted by Gasteiger charge is 2.25. The van der Waals surface area contributed by atoms with Crippen LogP contribution >= 0.6 is 0 Å². The van der Waals surface area contributed by atoms with Gasteiger partial charge >= 0.3 is 11.2 Å². The summed E-state index contributed by atoms with van der Waals surface area (Å²) < 4.78 is 0. The second-order valence-electron chi connectivity index (χ2n) is 3.16. The lowest BCUT2D eigenvalue weighted by molar-refractivity contribution is -0.386. The minimum atomic E-state index is -0.671. The standard InChI is InChI=1S/C8H8N2O3/c11-8-7(10(12)13)4-3-6(9-8)5-1-2-5/h3-5H,1-2H2,(H,9,11). The molecule has 68 valence electrons. The molecule has 0 radical (unpaired) electrons. The first-order valence-corrected chi connectivity index (χ1v) is 4.06. The van der Waals surface area contributed by atoms with Crippen LogP contribution in [0, 0.1) is 10.1 Å². The van der Waals surface area contributed by atoms with Crippen LogP contribution in [0.2, 0.25) is 0 Å². The van der Waals surface area contributed by atoms with Gasteiger partial charge in [0, 0.05) is 11.8 Å². The molecule has 13 heavy (non-hydrogen) atoms. The van der Waals surface area contributed by atoms with Crippen LogP contribution in [0.4, 0.5) is 5.69 Å². The molecule has 2 rings (SSSR count). The number of aromatic amines is 1. The molecule has 5 heteroatoms. The Morgan fingerprint density at radius 1 is 1.46 bits per heavy atom. The van der Waals surface area contributed by atoms with Crippen LogP contribution in [-0.4, -0.2) is 9.91 Å². The average molecular weight is 180 g/mol. The van der Waals surface area contributed by atoms with Gasteiger partial charge in [0.1, 0.15) is 0 Å². The highest BCUT2D eigenvalue weighted by atomic mass is 16.6. The van der Waals surface area contributed by atoms with Crippen LogP contribution in [0.3, 0.4) is 0 Å². The molecule has 0 aliphatic heterocycles. The van der Waals surface area contributed by atoms with Gasteiger partial charge in [-0.2, -0.15) is 0 Å². The van der Waals surface area contributed by atoms with Crippen LogP contribution in [0.15, 0.2) is 16.9 Å². The van der Waals surface area contributed by atoms with E-state index in [4.69, 9.17) is 0 Å². The highest BCUT2D eigenvalue weighted by Crippen LogP contribution is 2.38. The summed E-state index contributed by atoms with van der Waals surface area (Å²) in [5.74, 6) is 0.411. The maximum absolute atomic E-state index is 11.1. The first-order chi connectivity index (χ1) is 6.18. The molecular weight excluding hydrogens is 172 g/mol. The third-order valence-corrected chi connectivity index (χ3v) is 2.13. The first-order valence-electron chi connectivity index (χ1n) is 4.06. The van der Waals surface area contributed by atoms with Crippen LogP contribution in [0.25, 0.3) is 0 Å². The largest absolute Gasteiger partial charge is 0.333 e. The Balaban J connectivity index is 2.42. The van der Waals surface area contributed by atoms with Gasteiger partial charge in [0.25, 0.3) is 0 Å². The number of hydrogen-bond acceptors (Lipinski definition) is 3. The third kappa shape index (κ3) is 1.44. The predicted molar refractivity (Wildman–Crippen MR) is 45.7 cm³/mol.